The van der Waals surface area contributed by atoms with Gasteiger partial charge >= 0.3 is 0 Å². The van der Waals surface area contributed by atoms with Crippen LogP contribution in [-0.4, -0.2) is 19.7 Å². The van der Waals surface area contributed by atoms with Crippen molar-refractivity contribution in [3.8, 4) is 0 Å². The molecule has 0 spiro atoms. The smallest absolute Gasteiger partial charge is 0.261 e. The van der Waals surface area contributed by atoms with Gasteiger partial charge in [0, 0.05) is 11.4 Å². The number of aromatic nitrogens is 4. The average Bonchev–Trinajstić information content (AvgIpc) is 3.05. The molecule has 0 saturated heterocycles. The van der Waals surface area contributed by atoms with E-state index in [4.69, 9.17) is 16.1 Å². The third-order valence-electron chi connectivity index (χ3n) is 3.80. The lowest BCUT2D eigenvalue weighted by molar-refractivity contribution is 0.365. The van der Waals surface area contributed by atoms with Crippen molar-refractivity contribution in [1.82, 2.24) is 19.7 Å². The van der Waals surface area contributed by atoms with E-state index in [1.54, 1.807) is 12.1 Å². The average molecular weight is 353 g/mol. The first kappa shape index (κ1) is 15.5. The summed E-state index contributed by atoms with van der Waals surface area (Å²) in [5.74, 6) is 0.898. The second-order valence-corrected chi connectivity index (χ2v) is 6.04. The van der Waals surface area contributed by atoms with Gasteiger partial charge in [-0.1, -0.05) is 41.0 Å². The Bertz CT molecular complexity index is 1100. The summed E-state index contributed by atoms with van der Waals surface area (Å²) in [6.07, 6.45) is 2.00. The third kappa shape index (κ3) is 3.29. The molecule has 0 aliphatic rings. The van der Waals surface area contributed by atoms with E-state index in [1.165, 1.54) is 10.9 Å². The summed E-state index contributed by atoms with van der Waals surface area (Å²) in [5, 5.41) is 5.19. The minimum absolute atomic E-state index is 0.139. The van der Waals surface area contributed by atoms with Gasteiger partial charge in [0.25, 0.3) is 5.56 Å². The summed E-state index contributed by atoms with van der Waals surface area (Å²) >= 11 is 5.98. The highest BCUT2D eigenvalue weighted by atomic mass is 35.5. The van der Waals surface area contributed by atoms with Gasteiger partial charge in [-0.25, -0.2) is 4.98 Å². The first-order chi connectivity index (χ1) is 12.2. The van der Waals surface area contributed by atoms with Gasteiger partial charge in [0.2, 0.25) is 5.89 Å². The molecule has 2 aromatic carbocycles. The molecule has 124 valence electrons. The number of hydrogen-bond donors (Lipinski definition) is 0. The quantitative estimate of drug-likeness (QED) is 0.564. The zero-order valence-electron chi connectivity index (χ0n) is 13.1. The molecule has 0 N–H and O–H groups in total. The fourth-order valence-electron chi connectivity index (χ4n) is 2.62. The molecule has 4 rings (SSSR count). The minimum atomic E-state index is -0.139. The van der Waals surface area contributed by atoms with Gasteiger partial charge < -0.3 is 4.52 Å². The molecule has 0 unspecified atom stereocenters. The van der Waals surface area contributed by atoms with E-state index >= 15 is 0 Å². The first-order valence-electron chi connectivity index (χ1n) is 7.69. The maximum atomic E-state index is 12.5. The highest BCUT2D eigenvalue weighted by Crippen LogP contribution is 2.13. The van der Waals surface area contributed by atoms with E-state index in [0.29, 0.717) is 34.1 Å². The maximum absolute atomic E-state index is 12.5. The standard InChI is InChI=1S/C18H13ClN4O2/c19-13-5-3-4-12(8-13)9-16-21-17(25-22-16)10-23-11-20-15-7-2-1-6-14(15)18(23)24/h1-8,11H,9-10H2. The topological polar surface area (TPSA) is 73.8 Å². The monoisotopic (exact) mass is 352 g/mol. The molecule has 0 bridgehead atoms. The lowest BCUT2D eigenvalue weighted by Crippen LogP contribution is -2.21. The van der Waals surface area contributed by atoms with E-state index in [1.807, 2.05) is 36.4 Å². The van der Waals surface area contributed by atoms with Crippen molar-refractivity contribution in [3.63, 3.8) is 0 Å². The zero-order valence-corrected chi connectivity index (χ0v) is 13.8. The first-order valence-corrected chi connectivity index (χ1v) is 8.07. The van der Waals surface area contributed by atoms with Crippen LogP contribution in [0.3, 0.4) is 0 Å². The predicted molar refractivity (Wildman–Crippen MR) is 93.7 cm³/mol. The lowest BCUT2D eigenvalue weighted by atomic mass is 10.1. The van der Waals surface area contributed by atoms with Gasteiger partial charge in [0.05, 0.1) is 17.2 Å². The van der Waals surface area contributed by atoms with E-state index in [0.717, 1.165) is 5.56 Å². The highest BCUT2D eigenvalue weighted by molar-refractivity contribution is 6.30. The van der Waals surface area contributed by atoms with Crippen molar-refractivity contribution in [2.45, 2.75) is 13.0 Å². The zero-order chi connectivity index (χ0) is 17.2. The fourth-order valence-corrected chi connectivity index (χ4v) is 2.83. The Morgan fingerprint density at radius 1 is 1.12 bits per heavy atom. The summed E-state index contributed by atoms with van der Waals surface area (Å²) in [4.78, 5) is 21.1. The van der Waals surface area contributed by atoms with Crippen LogP contribution < -0.4 is 5.56 Å². The second-order valence-electron chi connectivity index (χ2n) is 5.61. The molecule has 0 saturated carbocycles. The predicted octanol–water partition coefficient (Wildman–Crippen LogP) is 3.07. The van der Waals surface area contributed by atoms with E-state index in [-0.39, 0.29) is 12.1 Å². The van der Waals surface area contributed by atoms with Gasteiger partial charge in [0.1, 0.15) is 6.54 Å². The number of nitrogens with zero attached hydrogens (tertiary/aromatic N) is 4. The Hall–Kier alpha value is -2.99. The van der Waals surface area contributed by atoms with Crippen LogP contribution in [0.15, 0.2) is 64.2 Å². The molecule has 0 aliphatic carbocycles. The molecule has 7 heteroatoms. The van der Waals surface area contributed by atoms with Crippen LogP contribution in [0.2, 0.25) is 5.02 Å². The number of benzene rings is 2. The van der Waals surface area contributed by atoms with E-state index in [2.05, 4.69) is 15.1 Å². The van der Waals surface area contributed by atoms with Crippen molar-refractivity contribution < 1.29 is 4.52 Å². The SMILES string of the molecule is O=c1c2ccccc2ncn1Cc1nc(Cc2cccc(Cl)c2)no1. The molecule has 0 radical (unpaired) electrons. The molecule has 0 atom stereocenters. The molecule has 0 aliphatic heterocycles. The molecule has 0 amide bonds. The van der Waals surface area contributed by atoms with Crippen molar-refractivity contribution in [1.29, 1.82) is 0 Å². The highest BCUT2D eigenvalue weighted by Gasteiger charge is 2.10. The van der Waals surface area contributed by atoms with Crippen LogP contribution in [0, 0.1) is 0 Å². The minimum Gasteiger partial charge on any atom is -0.337 e. The van der Waals surface area contributed by atoms with Gasteiger partial charge in [-0.05, 0) is 29.8 Å². The van der Waals surface area contributed by atoms with Crippen molar-refractivity contribution in [2.24, 2.45) is 0 Å². The second kappa shape index (κ2) is 6.49. The molecule has 2 aromatic heterocycles. The van der Waals surface area contributed by atoms with E-state index < -0.39 is 0 Å². The summed E-state index contributed by atoms with van der Waals surface area (Å²) in [5.41, 5.74) is 1.51. The van der Waals surface area contributed by atoms with Crippen LogP contribution in [0.4, 0.5) is 0 Å². The van der Waals surface area contributed by atoms with Gasteiger partial charge in [-0.15, -0.1) is 0 Å². The van der Waals surface area contributed by atoms with Crippen molar-refractivity contribution >= 4 is 22.5 Å². The largest absolute Gasteiger partial charge is 0.337 e. The number of fused-ring (bicyclic) bond motifs is 1. The van der Waals surface area contributed by atoms with Crippen LogP contribution in [0.25, 0.3) is 10.9 Å². The van der Waals surface area contributed by atoms with Crippen molar-refractivity contribution in [2.75, 3.05) is 0 Å². The normalized spacial score (nSPS) is 11.1. The number of rotatable bonds is 4. The Balaban J connectivity index is 1.57. The Labute approximate surface area is 147 Å². The number of hydrogen-bond acceptors (Lipinski definition) is 5. The molecular formula is C18H13ClN4O2. The van der Waals surface area contributed by atoms with Gasteiger partial charge in [-0.2, -0.15) is 4.98 Å². The summed E-state index contributed by atoms with van der Waals surface area (Å²) in [6, 6.07) is 14.7. The molecule has 2 heterocycles. The molecular weight excluding hydrogens is 340 g/mol. The van der Waals surface area contributed by atoms with Crippen LogP contribution >= 0.6 is 11.6 Å². The van der Waals surface area contributed by atoms with Crippen molar-refractivity contribution in [3.05, 3.63) is 87.5 Å². The fraction of sp³-hybridized carbons (Fsp3) is 0.111. The van der Waals surface area contributed by atoms with E-state index in [9.17, 15) is 4.79 Å². The number of para-hydroxylation sites is 1. The van der Waals surface area contributed by atoms with Crippen LogP contribution in [0.5, 0.6) is 0 Å². The summed E-state index contributed by atoms with van der Waals surface area (Å²) in [7, 11) is 0. The molecule has 25 heavy (non-hydrogen) atoms. The third-order valence-corrected chi connectivity index (χ3v) is 4.03. The maximum Gasteiger partial charge on any atom is 0.261 e. The van der Waals surface area contributed by atoms with Gasteiger partial charge in [0.15, 0.2) is 5.82 Å². The Morgan fingerprint density at radius 2 is 2.00 bits per heavy atom. The Kier molecular flexibility index (Phi) is 4.03. The van der Waals surface area contributed by atoms with Crippen LogP contribution in [0.1, 0.15) is 17.3 Å². The lowest BCUT2D eigenvalue weighted by Gasteiger charge is -2.03. The van der Waals surface area contributed by atoms with Crippen LogP contribution in [-0.2, 0) is 13.0 Å². The number of halogens is 1. The Morgan fingerprint density at radius 3 is 2.88 bits per heavy atom. The molecule has 4 aromatic rings. The summed E-state index contributed by atoms with van der Waals surface area (Å²) < 4.78 is 6.71. The molecule has 0 fully saturated rings. The summed E-state index contributed by atoms with van der Waals surface area (Å²) in [6.45, 7) is 0.180. The molecule has 6 nitrogen and oxygen atoms in total. The van der Waals surface area contributed by atoms with Gasteiger partial charge in [-0.3, -0.25) is 9.36 Å².